The number of fused-ring (bicyclic) bond motifs is 1. The number of piperazine rings is 1. The SMILES string of the molecule is N#CCc1ccc(-c2ccc3nc(N)nc(N4CCN(C(=O)COc5ccc(Cl)cc5)CC4)c3n2)cc1. The first kappa shape index (κ1) is 24.3. The number of nitrogens with two attached hydrogens (primary N) is 1. The van der Waals surface area contributed by atoms with Gasteiger partial charge in [-0.25, -0.2) is 9.97 Å². The summed E-state index contributed by atoms with van der Waals surface area (Å²) in [6, 6.07) is 20.6. The van der Waals surface area contributed by atoms with Gasteiger partial charge in [-0.1, -0.05) is 35.9 Å². The molecule has 1 aliphatic heterocycles. The number of carbonyl (C=O) groups excluding carboxylic acids is 1. The summed E-state index contributed by atoms with van der Waals surface area (Å²) in [7, 11) is 0. The molecule has 4 aromatic rings. The van der Waals surface area contributed by atoms with Crippen molar-refractivity contribution in [2.75, 3.05) is 43.4 Å². The largest absolute Gasteiger partial charge is 0.484 e. The lowest BCUT2D eigenvalue weighted by Gasteiger charge is -2.35. The monoisotopic (exact) mass is 513 g/mol. The number of ether oxygens (including phenoxy) is 1. The number of pyridine rings is 1. The van der Waals surface area contributed by atoms with Crippen molar-refractivity contribution in [2.24, 2.45) is 0 Å². The molecule has 37 heavy (non-hydrogen) atoms. The van der Waals surface area contributed by atoms with Crippen LogP contribution in [-0.4, -0.2) is 58.5 Å². The van der Waals surface area contributed by atoms with Gasteiger partial charge in [0.25, 0.3) is 5.91 Å². The highest BCUT2D eigenvalue weighted by atomic mass is 35.5. The number of anilines is 2. The fraction of sp³-hybridized carbons (Fsp3) is 0.222. The second kappa shape index (κ2) is 10.7. The van der Waals surface area contributed by atoms with E-state index < -0.39 is 0 Å². The fourth-order valence-corrected chi connectivity index (χ4v) is 4.34. The zero-order chi connectivity index (χ0) is 25.8. The van der Waals surface area contributed by atoms with E-state index in [0.29, 0.717) is 60.2 Å². The summed E-state index contributed by atoms with van der Waals surface area (Å²) in [5.74, 6) is 1.34. The Kier molecular flexibility index (Phi) is 7.01. The van der Waals surface area contributed by atoms with Gasteiger partial charge in [-0.2, -0.15) is 10.2 Å². The molecule has 186 valence electrons. The van der Waals surface area contributed by atoms with Crippen LogP contribution in [0.5, 0.6) is 5.75 Å². The van der Waals surface area contributed by atoms with Gasteiger partial charge >= 0.3 is 0 Å². The number of carbonyl (C=O) groups is 1. The quantitative estimate of drug-likeness (QED) is 0.414. The van der Waals surface area contributed by atoms with E-state index in [-0.39, 0.29) is 18.5 Å². The summed E-state index contributed by atoms with van der Waals surface area (Å²) in [6.07, 6.45) is 0.366. The summed E-state index contributed by atoms with van der Waals surface area (Å²) < 4.78 is 5.61. The first-order valence-corrected chi connectivity index (χ1v) is 12.2. The third kappa shape index (κ3) is 5.55. The number of hydrogen-bond donors (Lipinski definition) is 1. The van der Waals surface area contributed by atoms with Crippen LogP contribution in [0.1, 0.15) is 5.56 Å². The average molecular weight is 514 g/mol. The van der Waals surface area contributed by atoms with E-state index in [2.05, 4.69) is 20.9 Å². The normalized spacial score (nSPS) is 13.4. The van der Waals surface area contributed by atoms with Crippen LogP contribution in [0, 0.1) is 11.3 Å². The number of nitrogen functional groups attached to an aromatic ring is 1. The molecule has 0 bridgehead atoms. The number of rotatable bonds is 6. The van der Waals surface area contributed by atoms with Crippen molar-refractivity contribution in [3.8, 4) is 23.1 Å². The van der Waals surface area contributed by atoms with Gasteiger partial charge < -0.3 is 20.3 Å². The highest BCUT2D eigenvalue weighted by Gasteiger charge is 2.24. The molecule has 1 amide bonds. The summed E-state index contributed by atoms with van der Waals surface area (Å²) in [6.45, 7) is 2.16. The predicted molar refractivity (Wildman–Crippen MR) is 142 cm³/mol. The highest BCUT2D eigenvalue weighted by Crippen LogP contribution is 2.28. The van der Waals surface area contributed by atoms with Crippen molar-refractivity contribution in [2.45, 2.75) is 6.42 Å². The van der Waals surface area contributed by atoms with Crippen LogP contribution < -0.4 is 15.4 Å². The molecule has 0 spiro atoms. The minimum atomic E-state index is -0.0816. The van der Waals surface area contributed by atoms with Crippen molar-refractivity contribution >= 4 is 40.3 Å². The second-order valence-corrected chi connectivity index (χ2v) is 9.05. The smallest absolute Gasteiger partial charge is 0.260 e. The number of benzene rings is 2. The van der Waals surface area contributed by atoms with Crippen LogP contribution in [0.4, 0.5) is 11.8 Å². The lowest BCUT2D eigenvalue weighted by atomic mass is 10.1. The molecule has 2 aromatic carbocycles. The zero-order valence-electron chi connectivity index (χ0n) is 20.0. The van der Waals surface area contributed by atoms with Gasteiger partial charge in [-0.3, -0.25) is 4.79 Å². The van der Waals surface area contributed by atoms with Crippen LogP contribution in [-0.2, 0) is 11.2 Å². The van der Waals surface area contributed by atoms with E-state index >= 15 is 0 Å². The summed E-state index contributed by atoms with van der Waals surface area (Å²) in [5.41, 5.74) is 9.98. The molecule has 2 aromatic heterocycles. The van der Waals surface area contributed by atoms with Crippen molar-refractivity contribution < 1.29 is 9.53 Å². The van der Waals surface area contributed by atoms with Crippen molar-refractivity contribution in [1.29, 1.82) is 5.26 Å². The molecule has 0 aliphatic carbocycles. The third-order valence-electron chi connectivity index (χ3n) is 6.18. The van der Waals surface area contributed by atoms with E-state index in [9.17, 15) is 4.79 Å². The molecule has 2 N–H and O–H groups in total. The standard InChI is InChI=1S/C27H24ClN7O2/c28-20-5-7-21(8-6-20)37-17-24(36)34-13-15-35(16-14-34)26-25-23(32-27(30)33-26)10-9-22(31-25)19-3-1-18(2-4-19)11-12-29/h1-10H,11,13-17H2,(H2,30,32,33). The van der Waals surface area contributed by atoms with E-state index in [1.54, 1.807) is 29.2 Å². The third-order valence-corrected chi connectivity index (χ3v) is 6.43. The Labute approximate surface area is 219 Å². The minimum absolute atomic E-state index is 0.0386. The molecular formula is C27H24ClN7O2. The molecule has 1 aliphatic rings. The summed E-state index contributed by atoms with van der Waals surface area (Å²) in [5, 5.41) is 9.52. The maximum Gasteiger partial charge on any atom is 0.260 e. The Balaban J connectivity index is 1.30. The van der Waals surface area contributed by atoms with Gasteiger partial charge in [0.2, 0.25) is 5.95 Å². The topological polar surface area (TPSA) is 121 Å². The molecular weight excluding hydrogens is 490 g/mol. The first-order chi connectivity index (χ1) is 18.0. The van der Waals surface area contributed by atoms with Gasteiger partial charge in [0.15, 0.2) is 12.4 Å². The molecule has 3 heterocycles. The molecule has 0 atom stereocenters. The van der Waals surface area contributed by atoms with Crippen molar-refractivity contribution in [3.05, 3.63) is 71.2 Å². The van der Waals surface area contributed by atoms with Crippen LogP contribution in [0.15, 0.2) is 60.7 Å². The highest BCUT2D eigenvalue weighted by molar-refractivity contribution is 6.30. The van der Waals surface area contributed by atoms with Crippen LogP contribution in [0.25, 0.3) is 22.3 Å². The molecule has 1 saturated heterocycles. The van der Waals surface area contributed by atoms with Gasteiger partial charge in [-0.15, -0.1) is 0 Å². The fourth-order valence-electron chi connectivity index (χ4n) is 4.22. The predicted octanol–water partition coefficient (Wildman–Crippen LogP) is 3.72. The summed E-state index contributed by atoms with van der Waals surface area (Å²) >= 11 is 5.90. The Bertz CT molecular complexity index is 1460. The Morgan fingerprint density at radius 1 is 0.973 bits per heavy atom. The Hall–Kier alpha value is -4.42. The summed E-state index contributed by atoms with van der Waals surface area (Å²) in [4.78, 5) is 30.3. The molecule has 9 nitrogen and oxygen atoms in total. The van der Waals surface area contributed by atoms with Crippen LogP contribution in [0.3, 0.4) is 0 Å². The average Bonchev–Trinajstić information content (AvgIpc) is 2.92. The Morgan fingerprint density at radius 3 is 2.41 bits per heavy atom. The van der Waals surface area contributed by atoms with Gasteiger partial charge in [0.1, 0.15) is 11.3 Å². The van der Waals surface area contributed by atoms with E-state index in [1.807, 2.05) is 36.4 Å². The number of halogens is 1. The Morgan fingerprint density at radius 2 is 1.70 bits per heavy atom. The molecule has 1 fully saturated rings. The zero-order valence-corrected chi connectivity index (χ0v) is 20.7. The number of nitrogens with zero attached hydrogens (tertiary/aromatic N) is 6. The van der Waals surface area contributed by atoms with Crippen LogP contribution >= 0.6 is 11.6 Å². The van der Waals surface area contributed by atoms with E-state index in [4.69, 9.17) is 32.3 Å². The molecule has 0 saturated carbocycles. The van der Waals surface area contributed by atoms with Gasteiger partial charge in [0, 0.05) is 36.8 Å². The molecule has 0 radical (unpaired) electrons. The van der Waals surface area contributed by atoms with Gasteiger partial charge in [-0.05, 0) is 42.0 Å². The molecule has 0 unspecified atom stereocenters. The maximum absolute atomic E-state index is 12.7. The first-order valence-electron chi connectivity index (χ1n) is 11.8. The minimum Gasteiger partial charge on any atom is -0.484 e. The maximum atomic E-state index is 12.7. The van der Waals surface area contributed by atoms with E-state index in [0.717, 1.165) is 16.8 Å². The second-order valence-electron chi connectivity index (χ2n) is 8.61. The molecule has 10 heteroatoms. The van der Waals surface area contributed by atoms with E-state index in [1.165, 1.54) is 0 Å². The van der Waals surface area contributed by atoms with Crippen LogP contribution in [0.2, 0.25) is 5.02 Å². The van der Waals surface area contributed by atoms with Crippen molar-refractivity contribution in [3.63, 3.8) is 0 Å². The van der Waals surface area contributed by atoms with Gasteiger partial charge in [0.05, 0.1) is 23.7 Å². The van der Waals surface area contributed by atoms with Crippen molar-refractivity contribution in [1.82, 2.24) is 19.9 Å². The lowest BCUT2D eigenvalue weighted by Crippen LogP contribution is -2.50. The number of nitriles is 1. The number of hydrogen-bond acceptors (Lipinski definition) is 8. The molecule has 5 rings (SSSR count). The lowest BCUT2D eigenvalue weighted by molar-refractivity contribution is -0.133. The number of amides is 1. The number of aromatic nitrogens is 3.